The zero-order valence-electron chi connectivity index (χ0n) is 13.8. The Morgan fingerprint density at radius 2 is 2.17 bits per heavy atom. The second kappa shape index (κ2) is 2.99. The number of carbonyl (C=O) groups excluding carboxylic acids is 1. The molecule has 1 N–H and O–H groups in total. The summed E-state index contributed by atoms with van der Waals surface area (Å²) < 4.78 is 0. The van der Waals surface area contributed by atoms with Gasteiger partial charge in [-0.1, -0.05) is 25.5 Å². The maximum atomic E-state index is 13.4. The number of carbonyl (C=O) groups is 1. The van der Waals surface area contributed by atoms with Gasteiger partial charge < -0.3 is 5.11 Å². The van der Waals surface area contributed by atoms with E-state index < -0.39 is 5.72 Å². The highest BCUT2D eigenvalue weighted by atomic mass is 16.3. The quantitative estimate of drug-likeness (QED) is 0.698. The van der Waals surface area contributed by atoms with Gasteiger partial charge in [0.05, 0.1) is 0 Å². The van der Waals surface area contributed by atoms with Crippen molar-refractivity contribution in [3.8, 4) is 0 Å². The number of piperidine rings is 2. The molecule has 0 aromatic carbocycles. The Bertz CT molecular complexity index is 731. The molecular weight excluding hydrogens is 286 g/mol. The van der Waals surface area contributed by atoms with Gasteiger partial charge in [0, 0.05) is 35.8 Å². The monoisotopic (exact) mass is 311 g/mol. The standard InChI is InChI=1S/C20H25NO2/c1-10-7-18-8-20(23)16-17(2)4-3-5-19(16)14(18)13(22)11(10)6-12(18)15(19)21(20)9-17/h11-12,14-16,23H,1,3-9H2,2H3/t11-,12?,14-,15?,16-,17+,18+,19+,20+/m1/s1. The highest BCUT2D eigenvalue weighted by molar-refractivity contribution is 5.92. The van der Waals surface area contributed by atoms with Gasteiger partial charge in [-0.3, -0.25) is 9.69 Å². The van der Waals surface area contributed by atoms with Crippen molar-refractivity contribution in [1.29, 1.82) is 0 Å². The number of hydrogen-bond donors (Lipinski definition) is 1. The average molecular weight is 311 g/mol. The van der Waals surface area contributed by atoms with Crippen LogP contribution in [0.3, 0.4) is 0 Å². The van der Waals surface area contributed by atoms with Crippen LogP contribution in [-0.2, 0) is 4.79 Å². The molecule has 3 heterocycles. The fourth-order valence-corrected chi connectivity index (χ4v) is 10.3. The van der Waals surface area contributed by atoms with Crippen LogP contribution in [0.4, 0.5) is 0 Å². The molecule has 9 bridgehead atoms. The molecule has 3 heteroatoms. The maximum absolute atomic E-state index is 13.4. The summed E-state index contributed by atoms with van der Waals surface area (Å²) in [6.45, 7) is 7.75. The average Bonchev–Trinajstić information content (AvgIpc) is 2.81. The number of fused-ring (bicyclic) bond motifs is 1. The summed E-state index contributed by atoms with van der Waals surface area (Å²) in [5, 5.41) is 11.8. The van der Waals surface area contributed by atoms with Crippen LogP contribution >= 0.6 is 0 Å². The Kier molecular flexibility index (Phi) is 1.64. The third-order valence-electron chi connectivity index (χ3n) is 9.96. The number of aliphatic hydroxyl groups is 1. The third kappa shape index (κ3) is 0.877. The number of allylic oxidation sites excluding steroid dienone is 1. The third-order valence-corrected chi connectivity index (χ3v) is 9.96. The molecule has 10 atom stereocenters. The fraction of sp³-hybridized carbons (Fsp3) is 0.850. The highest BCUT2D eigenvalue weighted by Crippen LogP contribution is 2.88. The van der Waals surface area contributed by atoms with Crippen LogP contribution in [0, 0.1) is 39.9 Å². The van der Waals surface area contributed by atoms with Gasteiger partial charge in [0.25, 0.3) is 0 Å². The van der Waals surface area contributed by atoms with Crippen LogP contribution < -0.4 is 0 Å². The number of hydrogen-bond acceptors (Lipinski definition) is 3. The normalized spacial score (nSPS) is 72.4. The lowest BCUT2D eigenvalue weighted by atomic mass is 9.40. The van der Waals surface area contributed by atoms with E-state index in [4.69, 9.17) is 0 Å². The van der Waals surface area contributed by atoms with Crippen LogP contribution in [-0.4, -0.2) is 34.1 Å². The van der Waals surface area contributed by atoms with Crippen molar-refractivity contribution in [2.75, 3.05) is 6.54 Å². The van der Waals surface area contributed by atoms with Crippen LogP contribution in [0.1, 0.15) is 45.4 Å². The first-order chi connectivity index (χ1) is 10.9. The predicted octanol–water partition coefficient (Wildman–Crippen LogP) is 2.35. The lowest BCUT2D eigenvalue weighted by Crippen LogP contribution is -2.66. The lowest BCUT2D eigenvalue weighted by Gasteiger charge is -2.63. The van der Waals surface area contributed by atoms with E-state index in [0.29, 0.717) is 23.7 Å². The van der Waals surface area contributed by atoms with Crippen molar-refractivity contribution >= 4 is 5.78 Å². The van der Waals surface area contributed by atoms with Gasteiger partial charge in [0.1, 0.15) is 11.5 Å². The molecule has 0 amide bonds. The highest BCUT2D eigenvalue weighted by Gasteiger charge is 2.92. The van der Waals surface area contributed by atoms with Gasteiger partial charge in [-0.25, -0.2) is 0 Å². The molecule has 9 aliphatic rings. The Balaban J connectivity index is 1.58. The van der Waals surface area contributed by atoms with E-state index in [1.165, 1.54) is 24.8 Å². The summed E-state index contributed by atoms with van der Waals surface area (Å²) >= 11 is 0. The molecule has 3 unspecified atom stereocenters. The Hall–Kier alpha value is -0.670. The van der Waals surface area contributed by atoms with Crippen molar-refractivity contribution < 1.29 is 9.90 Å². The summed E-state index contributed by atoms with van der Waals surface area (Å²) in [5.74, 6) is 1.91. The zero-order chi connectivity index (χ0) is 15.6. The Morgan fingerprint density at radius 1 is 1.35 bits per heavy atom. The first-order valence-corrected chi connectivity index (χ1v) is 9.59. The maximum Gasteiger partial charge on any atom is 0.144 e. The smallest absolute Gasteiger partial charge is 0.144 e. The topological polar surface area (TPSA) is 40.5 Å². The molecule has 0 radical (unpaired) electrons. The van der Waals surface area contributed by atoms with Crippen molar-refractivity contribution in [1.82, 2.24) is 4.90 Å². The second-order valence-corrected chi connectivity index (χ2v) is 10.5. The first kappa shape index (κ1) is 12.7. The molecule has 0 aromatic rings. The van der Waals surface area contributed by atoms with Crippen LogP contribution in [0.5, 0.6) is 0 Å². The molecule has 3 nitrogen and oxygen atoms in total. The van der Waals surface area contributed by atoms with E-state index in [1.54, 1.807) is 0 Å². The summed E-state index contributed by atoms with van der Waals surface area (Å²) in [6, 6.07) is 0.492. The van der Waals surface area contributed by atoms with Crippen molar-refractivity contribution in [3.63, 3.8) is 0 Å². The molecule has 6 aliphatic carbocycles. The fourth-order valence-electron chi connectivity index (χ4n) is 10.3. The molecule has 2 spiro atoms. The molecule has 6 saturated carbocycles. The van der Waals surface area contributed by atoms with E-state index in [2.05, 4.69) is 18.4 Å². The Morgan fingerprint density at radius 3 is 3.00 bits per heavy atom. The van der Waals surface area contributed by atoms with Crippen LogP contribution in [0.15, 0.2) is 12.2 Å². The summed E-state index contributed by atoms with van der Waals surface area (Å²) in [5.41, 5.74) is 0.981. The van der Waals surface area contributed by atoms with Gasteiger partial charge in [-0.05, 0) is 48.9 Å². The Labute approximate surface area is 137 Å². The van der Waals surface area contributed by atoms with E-state index in [-0.39, 0.29) is 28.1 Å². The minimum absolute atomic E-state index is 0.0674. The summed E-state index contributed by atoms with van der Waals surface area (Å²) in [6.07, 6.45) is 6.59. The molecule has 23 heavy (non-hydrogen) atoms. The largest absolute Gasteiger partial charge is 0.375 e. The van der Waals surface area contributed by atoms with Crippen molar-refractivity contribution in [2.24, 2.45) is 39.9 Å². The number of ketones is 1. The van der Waals surface area contributed by atoms with Crippen molar-refractivity contribution in [2.45, 2.75) is 57.2 Å². The molecule has 122 valence electrons. The van der Waals surface area contributed by atoms with Gasteiger partial charge in [0.2, 0.25) is 0 Å². The van der Waals surface area contributed by atoms with Gasteiger partial charge >= 0.3 is 0 Å². The van der Waals surface area contributed by atoms with E-state index >= 15 is 0 Å². The van der Waals surface area contributed by atoms with E-state index in [9.17, 15) is 9.90 Å². The lowest BCUT2D eigenvalue weighted by molar-refractivity contribution is -0.217. The SMILES string of the molecule is C=C1C[C@]23C[C@]4(O)[C@@H]5[C@@]6(C)CCC[C@]57C(C2C[C@H]1C(=O)[C@H]37)N4C6. The van der Waals surface area contributed by atoms with Gasteiger partial charge in [-0.2, -0.15) is 0 Å². The summed E-state index contributed by atoms with van der Waals surface area (Å²) in [7, 11) is 0. The molecule has 3 aliphatic heterocycles. The van der Waals surface area contributed by atoms with Gasteiger partial charge in [0.15, 0.2) is 0 Å². The van der Waals surface area contributed by atoms with E-state index in [1.807, 2.05) is 0 Å². The molecular formula is C20H25NO2. The van der Waals surface area contributed by atoms with Crippen LogP contribution in [0.2, 0.25) is 0 Å². The predicted molar refractivity (Wildman–Crippen MR) is 84.2 cm³/mol. The molecule has 9 rings (SSSR count). The number of rotatable bonds is 0. The van der Waals surface area contributed by atoms with Crippen LogP contribution in [0.25, 0.3) is 0 Å². The molecule has 9 fully saturated rings. The molecule has 0 aromatic heterocycles. The first-order valence-electron chi connectivity index (χ1n) is 9.59. The van der Waals surface area contributed by atoms with Crippen molar-refractivity contribution in [3.05, 3.63) is 12.2 Å². The zero-order valence-corrected chi connectivity index (χ0v) is 13.8. The second-order valence-electron chi connectivity index (χ2n) is 10.5. The summed E-state index contributed by atoms with van der Waals surface area (Å²) in [4.78, 5) is 16.0. The van der Waals surface area contributed by atoms with Gasteiger partial charge in [-0.15, -0.1) is 0 Å². The minimum Gasteiger partial charge on any atom is -0.375 e. The van der Waals surface area contributed by atoms with E-state index in [0.717, 1.165) is 25.8 Å². The molecule has 3 saturated heterocycles. The number of nitrogens with zero attached hydrogens (tertiary/aromatic N) is 1. The minimum atomic E-state index is -0.614. The number of Topliss-reactive ketones (excluding diaryl/α,β-unsaturated/α-hetero) is 1.